The number of hydrogen-bond acceptors (Lipinski definition) is 4. The van der Waals surface area contributed by atoms with Crippen LogP contribution in [-0.4, -0.2) is 21.7 Å². The topological polar surface area (TPSA) is 68.9 Å². The summed E-state index contributed by atoms with van der Waals surface area (Å²) in [5, 5.41) is 21.9. The van der Waals surface area contributed by atoms with Gasteiger partial charge in [-0.15, -0.1) is 0 Å². The number of pyridine rings is 1. The minimum Gasteiger partial charge on any atom is -0.390 e. The van der Waals surface area contributed by atoms with Crippen molar-refractivity contribution < 1.29 is 5.11 Å². The van der Waals surface area contributed by atoms with E-state index in [1.807, 2.05) is 19.1 Å². The Morgan fingerprint density at radius 1 is 1.47 bits per heavy atom. The summed E-state index contributed by atoms with van der Waals surface area (Å²) in [5.74, 6) is 0. The lowest BCUT2D eigenvalue weighted by Crippen LogP contribution is -2.35. The van der Waals surface area contributed by atoms with E-state index in [1.165, 1.54) is 0 Å². The molecule has 0 aliphatic heterocycles. The highest BCUT2D eigenvalue weighted by Crippen LogP contribution is 2.29. The molecule has 0 aromatic carbocycles. The molecule has 0 amide bonds. The Hall–Kier alpha value is -1.60. The minimum atomic E-state index is -0.499. The Kier molecular flexibility index (Phi) is 3.30. The summed E-state index contributed by atoms with van der Waals surface area (Å²) >= 11 is 0. The maximum atomic E-state index is 9.85. The fourth-order valence-corrected chi connectivity index (χ4v) is 2.17. The van der Waals surface area contributed by atoms with Crippen LogP contribution >= 0.6 is 0 Å². The zero-order valence-electron chi connectivity index (χ0n) is 9.98. The molecule has 1 saturated carbocycles. The van der Waals surface area contributed by atoms with Gasteiger partial charge in [0.05, 0.1) is 17.5 Å². The smallest absolute Gasteiger partial charge is 0.140 e. The van der Waals surface area contributed by atoms with Gasteiger partial charge in [-0.1, -0.05) is 0 Å². The molecule has 1 fully saturated rings. The first kappa shape index (κ1) is 11.9. The number of hydrogen-bond donors (Lipinski definition) is 2. The van der Waals surface area contributed by atoms with Crippen molar-refractivity contribution in [2.45, 2.75) is 44.2 Å². The van der Waals surface area contributed by atoms with Gasteiger partial charge >= 0.3 is 0 Å². The molecule has 17 heavy (non-hydrogen) atoms. The van der Waals surface area contributed by atoms with E-state index in [0.29, 0.717) is 11.7 Å². The van der Waals surface area contributed by atoms with Gasteiger partial charge in [-0.25, -0.2) is 4.98 Å². The van der Waals surface area contributed by atoms with Crippen LogP contribution in [0.2, 0.25) is 0 Å². The van der Waals surface area contributed by atoms with Crippen molar-refractivity contribution in [2.24, 2.45) is 0 Å². The van der Waals surface area contributed by atoms with E-state index >= 15 is 0 Å². The molecule has 0 radical (unpaired) electrons. The quantitative estimate of drug-likeness (QED) is 0.817. The predicted octanol–water partition coefficient (Wildman–Crippen LogP) is 2.06. The first-order valence-electron chi connectivity index (χ1n) is 5.94. The highest BCUT2D eigenvalue weighted by Gasteiger charge is 2.28. The molecule has 4 heteroatoms. The third-order valence-electron chi connectivity index (χ3n) is 3.31. The molecule has 1 aliphatic rings. The maximum absolute atomic E-state index is 9.85. The van der Waals surface area contributed by atoms with Gasteiger partial charge in [0.2, 0.25) is 0 Å². The highest BCUT2D eigenvalue weighted by atomic mass is 16.3. The van der Waals surface area contributed by atoms with E-state index in [1.54, 1.807) is 12.3 Å². The van der Waals surface area contributed by atoms with Crippen LogP contribution in [0.25, 0.3) is 0 Å². The zero-order chi connectivity index (χ0) is 12.3. The summed E-state index contributed by atoms with van der Waals surface area (Å²) < 4.78 is 0. The molecular weight excluding hydrogens is 214 g/mol. The molecule has 1 aromatic rings. The van der Waals surface area contributed by atoms with Crippen molar-refractivity contribution in [1.29, 1.82) is 5.26 Å². The van der Waals surface area contributed by atoms with Crippen LogP contribution in [0.15, 0.2) is 18.3 Å². The molecule has 1 aliphatic carbocycles. The summed E-state index contributed by atoms with van der Waals surface area (Å²) in [6.45, 7) is 1.90. The fraction of sp³-hybridized carbons (Fsp3) is 0.538. The third kappa shape index (κ3) is 3.18. The number of aromatic nitrogens is 1. The van der Waals surface area contributed by atoms with Crippen LogP contribution in [-0.2, 0) is 0 Å². The van der Waals surface area contributed by atoms with Gasteiger partial charge in [-0.3, -0.25) is 0 Å². The van der Waals surface area contributed by atoms with E-state index in [9.17, 15) is 5.11 Å². The Bertz CT molecular complexity index is 409. The Morgan fingerprint density at radius 3 is 2.71 bits per heavy atom. The predicted molar refractivity (Wildman–Crippen MR) is 65.5 cm³/mol. The van der Waals surface area contributed by atoms with Crippen molar-refractivity contribution in [3.63, 3.8) is 0 Å². The Morgan fingerprint density at radius 2 is 2.18 bits per heavy atom. The molecule has 0 unspecified atom stereocenters. The van der Waals surface area contributed by atoms with E-state index in [-0.39, 0.29) is 0 Å². The number of aliphatic hydroxyl groups is 1. The number of anilines is 1. The SMILES string of the molecule is CC1(O)CCC(Nc2ccc(C#N)nc2)CC1. The second-order valence-electron chi connectivity index (χ2n) is 4.96. The molecular formula is C13H17N3O. The van der Waals surface area contributed by atoms with Crippen molar-refractivity contribution >= 4 is 5.69 Å². The van der Waals surface area contributed by atoms with Crippen LogP contribution in [0, 0.1) is 11.3 Å². The average molecular weight is 231 g/mol. The van der Waals surface area contributed by atoms with E-state index in [0.717, 1.165) is 31.4 Å². The average Bonchev–Trinajstić information content (AvgIpc) is 2.33. The molecule has 90 valence electrons. The van der Waals surface area contributed by atoms with Gasteiger partial charge in [-0.2, -0.15) is 5.26 Å². The first-order valence-corrected chi connectivity index (χ1v) is 5.94. The molecule has 1 heterocycles. The lowest BCUT2D eigenvalue weighted by Gasteiger charge is -2.33. The third-order valence-corrected chi connectivity index (χ3v) is 3.31. The largest absolute Gasteiger partial charge is 0.390 e. The van der Waals surface area contributed by atoms with Gasteiger partial charge in [0.1, 0.15) is 11.8 Å². The van der Waals surface area contributed by atoms with Crippen molar-refractivity contribution in [3.05, 3.63) is 24.0 Å². The fourth-order valence-electron chi connectivity index (χ4n) is 2.17. The molecule has 4 nitrogen and oxygen atoms in total. The van der Waals surface area contributed by atoms with Crippen LogP contribution in [0.3, 0.4) is 0 Å². The summed E-state index contributed by atoms with van der Waals surface area (Å²) in [7, 11) is 0. The van der Waals surface area contributed by atoms with Gasteiger partial charge < -0.3 is 10.4 Å². The van der Waals surface area contributed by atoms with Crippen LogP contribution in [0.5, 0.6) is 0 Å². The van der Waals surface area contributed by atoms with Crippen LogP contribution in [0.1, 0.15) is 38.3 Å². The zero-order valence-corrected chi connectivity index (χ0v) is 9.98. The summed E-state index contributed by atoms with van der Waals surface area (Å²) in [4.78, 5) is 4.02. The molecule has 2 rings (SSSR count). The van der Waals surface area contributed by atoms with E-state index < -0.39 is 5.60 Å². The van der Waals surface area contributed by atoms with E-state index in [4.69, 9.17) is 5.26 Å². The highest BCUT2D eigenvalue weighted by molar-refractivity contribution is 5.43. The van der Waals surface area contributed by atoms with Crippen LogP contribution < -0.4 is 5.32 Å². The van der Waals surface area contributed by atoms with Gasteiger partial charge in [0, 0.05) is 6.04 Å². The molecule has 0 atom stereocenters. The first-order chi connectivity index (χ1) is 8.09. The minimum absolute atomic E-state index is 0.393. The standard InChI is InChI=1S/C13H17N3O/c1-13(17)6-4-10(5-7-13)16-12-3-2-11(8-14)15-9-12/h2-3,9-10,16-17H,4-7H2,1H3. The second kappa shape index (κ2) is 4.72. The van der Waals surface area contributed by atoms with Gasteiger partial charge in [0.25, 0.3) is 0 Å². The second-order valence-corrected chi connectivity index (χ2v) is 4.96. The number of nitrogens with one attached hydrogen (secondary N) is 1. The summed E-state index contributed by atoms with van der Waals surface area (Å²) in [6.07, 6.45) is 5.27. The Balaban J connectivity index is 1.91. The van der Waals surface area contributed by atoms with E-state index in [2.05, 4.69) is 10.3 Å². The van der Waals surface area contributed by atoms with Gasteiger partial charge in [0.15, 0.2) is 0 Å². The van der Waals surface area contributed by atoms with Crippen molar-refractivity contribution in [1.82, 2.24) is 4.98 Å². The van der Waals surface area contributed by atoms with Gasteiger partial charge in [-0.05, 0) is 44.7 Å². The van der Waals surface area contributed by atoms with Crippen LogP contribution in [0.4, 0.5) is 5.69 Å². The lowest BCUT2D eigenvalue weighted by molar-refractivity contribution is 0.0196. The molecule has 2 N–H and O–H groups in total. The molecule has 0 bridgehead atoms. The lowest BCUT2D eigenvalue weighted by atomic mass is 9.83. The number of nitriles is 1. The summed E-state index contributed by atoms with van der Waals surface area (Å²) in [6, 6.07) is 5.97. The number of rotatable bonds is 2. The molecule has 1 aromatic heterocycles. The normalized spacial score (nSPS) is 28.4. The van der Waals surface area contributed by atoms with Crippen molar-refractivity contribution in [2.75, 3.05) is 5.32 Å². The summed E-state index contributed by atoms with van der Waals surface area (Å²) in [5.41, 5.74) is 0.874. The van der Waals surface area contributed by atoms with Crippen molar-refractivity contribution in [3.8, 4) is 6.07 Å². The Labute approximate surface area is 101 Å². The molecule has 0 spiro atoms. The maximum Gasteiger partial charge on any atom is 0.140 e. The number of nitrogens with zero attached hydrogens (tertiary/aromatic N) is 2. The molecule has 0 saturated heterocycles. The monoisotopic (exact) mass is 231 g/mol.